The van der Waals surface area contributed by atoms with Gasteiger partial charge in [0.2, 0.25) is 0 Å². The molecule has 0 radical (unpaired) electrons. The van der Waals surface area contributed by atoms with Crippen LogP contribution < -0.4 is 5.32 Å². The predicted molar refractivity (Wildman–Crippen MR) is 65.1 cm³/mol. The van der Waals surface area contributed by atoms with E-state index in [0.717, 1.165) is 0 Å². The summed E-state index contributed by atoms with van der Waals surface area (Å²) in [5, 5.41) is 11.2. The molecule has 0 bridgehead atoms. The fraction of sp³-hybridized carbons (Fsp3) is 0.385. The topological polar surface area (TPSA) is 66.4 Å². The molecule has 1 amide bonds. The second kappa shape index (κ2) is 5.62. The zero-order valence-electron chi connectivity index (χ0n) is 10.6. The molecule has 0 aromatic heterocycles. The average molecular weight is 253 g/mol. The van der Waals surface area contributed by atoms with Gasteiger partial charge in [0, 0.05) is 5.56 Å². The minimum Gasteiger partial charge on any atom is -0.480 e. The van der Waals surface area contributed by atoms with Crippen LogP contribution in [0.1, 0.15) is 34.8 Å². The van der Waals surface area contributed by atoms with Gasteiger partial charge in [0.05, 0.1) is 0 Å². The lowest BCUT2D eigenvalue weighted by atomic mass is 10.1. The van der Waals surface area contributed by atoms with Crippen molar-refractivity contribution in [1.29, 1.82) is 0 Å². The first-order valence-electron chi connectivity index (χ1n) is 5.67. The highest BCUT2D eigenvalue weighted by molar-refractivity contribution is 5.96. The van der Waals surface area contributed by atoms with Crippen LogP contribution in [-0.2, 0) is 4.79 Å². The molecule has 5 heteroatoms. The highest BCUT2D eigenvalue weighted by atomic mass is 19.1. The Kier molecular flexibility index (Phi) is 4.42. The SMILES string of the molecule is CCC(NC(=O)c1cc(C)c(F)c(C)c1)C(=O)O. The van der Waals surface area contributed by atoms with Crippen molar-refractivity contribution in [3.63, 3.8) is 0 Å². The Labute approximate surface area is 105 Å². The summed E-state index contributed by atoms with van der Waals surface area (Å²) in [5.74, 6) is -1.94. The number of carboxylic acids is 1. The van der Waals surface area contributed by atoms with Gasteiger partial charge in [0.25, 0.3) is 5.91 Å². The van der Waals surface area contributed by atoms with E-state index < -0.39 is 17.9 Å². The van der Waals surface area contributed by atoms with Crippen LogP contribution in [0.15, 0.2) is 12.1 Å². The van der Waals surface area contributed by atoms with Crippen molar-refractivity contribution in [2.24, 2.45) is 0 Å². The van der Waals surface area contributed by atoms with E-state index in [2.05, 4.69) is 5.32 Å². The summed E-state index contributed by atoms with van der Waals surface area (Å²) in [6, 6.07) is 1.89. The molecule has 1 aromatic carbocycles. The Bertz CT molecular complexity index is 462. The number of hydrogen-bond donors (Lipinski definition) is 2. The molecule has 0 spiro atoms. The van der Waals surface area contributed by atoms with E-state index >= 15 is 0 Å². The number of carbonyl (C=O) groups is 2. The maximum Gasteiger partial charge on any atom is 0.326 e. The van der Waals surface area contributed by atoms with Gasteiger partial charge in [-0.25, -0.2) is 9.18 Å². The van der Waals surface area contributed by atoms with Gasteiger partial charge < -0.3 is 10.4 Å². The number of aryl methyl sites for hydroxylation is 2. The quantitative estimate of drug-likeness (QED) is 0.862. The summed E-state index contributed by atoms with van der Waals surface area (Å²) in [7, 11) is 0. The van der Waals surface area contributed by atoms with Crippen LogP contribution in [0.4, 0.5) is 4.39 Å². The second-order valence-electron chi connectivity index (χ2n) is 4.20. The van der Waals surface area contributed by atoms with Gasteiger partial charge >= 0.3 is 5.97 Å². The highest BCUT2D eigenvalue weighted by Crippen LogP contribution is 2.14. The van der Waals surface area contributed by atoms with E-state index in [-0.39, 0.29) is 11.4 Å². The maximum absolute atomic E-state index is 13.4. The summed E-state index contributed by atoms with van der Waals surface area (Å²) >= 11 is 0. The van der Waals surface area contributed by atoms with Crippen molar-refractivity contribution in [3.05, 3.63) is 34.6 Å². The lowest BCUT2D eigenvalue weighted by Crippen LogP contribution is -2.40. The van der Waals surface area contributed by atoms with Crippen LogP contribution in [-0.4, -0.2) is 23.0 Å². The smallest absolute Gasteiger partial charge is 0.326 e. The molecular formula is C13H16FNO3. The molecule has 0 heterocycles. The molecule has 0 fully saturated rings. The van der Waals surface area contributed by atoms with Gasteiger partial charge in [-0.1, -0.05) is 6.92 Å². The summed E-state index contributed by atoms with van der Waals surface area (Å²) in [5.41, 5.74) is 0.998. The Balaban J connectivity index is 2.94. The molecule has 0 saturated heterocycles. The maximum atomic E-state index is 13.4. The number of halogens is 1. The Hall–Kier alpha value is -1.91. The third-order valence-corrected chi connectivity index (χ3v) is 2.71. The van der Waals surface area contributed by atoms with E-state index in [4.69, 9.17) is 5.11 Å². The van der Waals surface area contributed by atoms with Crippen molar-refractivity contribution in [3.8, 4) is 0 Å². The van der Waals surface area contributed by atoms with Crippen LogP contribution in [0, 0.1) is 19.7 Å². The first-order valence-corrected chi connectivity index (χ1v) is 5.67. The Morgan fingerprint density at radius 2 is 1.83 bits per heavy atom. The lowest BCUT2D eigenvalue weighted by molar-refractivity contribution is -0.139. The summed E-state index contributed by atoms with van der Waals surface area (Å²) in [4.78, 5) is 22.6. The van der Waals surface area contributed by atoms with Crippen molar-refractivity contribution < 1.29 is 19.1 Å². The Morgan fingerprint density at radius 1 is 1.33 bits per heavy atom. The molecule has 98 valence electrons. The summed E-state index contributed by atoms with van der Waals surface area (Å²) < 4.78 is 13.4. The zero-order chi connectivity index (χ0) is 13.9. The fourth-order valence-corrected chi connectivity index (χ4v) is 1.66. The number of benzene rings is 1. The van der Waals surface area contributed by atoms with Crippen LogP contribution in [0.5, 0.6) is 0 Å². The highest BCUT2D eigenvalue weighted by Gasteiger charge is 2.19. The summed E-state index contributed by atoms with van der Waals surface area (Å²) in [6.45, 7) is 4.79. The van der Waals surface area contributed by atoms with E-state index in [0.29, 0.717) is 17.5 Å². The minimum absolute atomic E-state index is 0.270. The van der Waals surface area contributed by atoms with E-state index in [9.17, 15) is 14.0 Å². The second-order valence-corrected chi connectivity index (χ2v) is 4.20. The molecular weight excluding hydrogens is 237 g/mol. The predicted octanol–water partition coefficient (Wildman–Crippen LogP) is 2.04. The fourth-order valence-electron chi connectivity index (χ4n) is 1.66. The zero-order valence-corrected chi connectivity index (χ0v) is 10.6. The number of aliphatic carboxylic acids is 1. The third-order valence-electron chi connectivity index (χ3n) is 2.71. The number of carbonyl (C=O) groups excluding carboxylic acids is 1. The van der Waals surface area contributed by atoms with Crippen LogP contribution in [0.25, 0.3) is 0 Å². The molecule has 0 aliphatic heterocycles. The van der Waals surface area contributed by atoms with Gasteiger partial charge in [0.1, 0.15) is 11.9 Å². The molecule has 1 aromatic rings. The largest absolute Gasteiger partial charge is 0.480 e. The molecule has 2 N–H and O–H groups in total. The molecule has 0 saturated carbocycles. The number of amides is 1. The van der Waals surface area contributed by atoms with Crippen molar-refractivity contribution >= 4 is 11.9 Å². The molecule has 1 atom stereocenters. The number of hydrogen-bond acceptors (Lipinski definition) is 2. The molecule has 18 heavy (non-hydrogen) atoms. The minimum atomic E-state index is -1.08. The van der Waals surface area contributed by atoms with Crippen LogP contribution >= 0.6 is 0 Å². The van der Waals surface area contributed by atoms with Crippen molar-refractivity contribution in [1.82, 2.24) is 5.32 Å². The normalized spacial score (nSPS) is 12.0. The lowest BCUT2D eigenvalue weighted by Gasteiger charge is -2.13. The number of rotatable bonds is 4. The standard InChI is InChI=1S/C13H16FNO3/c1-4-10(13(17)18)15-12(16)9-5-7(2)11(14)8(3)6-9/h5-6,10H,4H2,1-3H3,(H,15,16)(H,17,18). The van der Waals surface area contributed by atoms with Crippen molar-refractivity contribution in [2.75, 3.05) is 0 Å². The number of nitrogens with one attached hydrogen (secondary N) is 1. The van der Waals surface area contributed by atoms with E-state index in [1.54, 1.807) is 20.8 Å². The first kappa shape index (κ1) is 14.2. The van der Waals surface area contributed by atoms with Crippen LogP contribution in [0.3, 0.4) is 0 Å². The summed E-state index contributed by atoms with van der Waals surface area (Å²) in [6.07, 6.45) is 0.292. The molecule has 1 unspecified atom stereocenters. The van der Waals surface area contributed by atoms with Gasteiger partial charge in [-0.2, -0.15) is 0 Å². The molecule has 4 nitrogen and oxygen atoms in total. The van der Waals surface area contributed by atoms with Crippen LogP contribution in [0.2, 0.25) is 0 Å². The average Bonchev–Trinajstić information content (AvgIpc) is 2.31. The number of carboxylic acid groups (broad SMARTS) is 1. The van der Waals surface area contributed by atoms with E-state index in [1.165, 1.54) is 12.1 Å². The van der Waals surface area contributed by atoms with E-state index in [1.807, 2.05) is 0 Å². The monoisotopic (exact) mass is 253 g/mol. The molecule has 1 rings (SSSR count). The van der Waals surface area contributed by atoms with Gasteiger partial charge in [-0.15, -0.1) is 0 Å². The first-order chi connectivity index (χ1) is 8.36. The third kappa shape index (κ3) is 3.06. The van der Waals surface area contributed by atoms with Gasteiger partial charge in [0.15, 0.2) is 0 Å². The van der Waals surface area contributed by atoms with Gasteiger partial charge in [-0.05, 0) is 43.5 Å². The Morgan fingerprint density at radius 3 is 2.22 bits per heavy atom. The molecule has 0 aliphatic carbocycles. The van der Waals surface area contributed by atoms with Crippen molar-refractivity contribution in [2.45, 2.75) is 33.2 Å². The van der Waals surface area contributed by atoms with Gasteiger partial charge in [-0.3, -0.25) is 4.79 Å². The molecule has 0 aliphatic rings.